The van der Waals surface area contributed by atoms with Gasteiger partial charge in [-0.15, -0.1) is 0 Å². The summed E-state index contributed by atoms with van der Waals surface area (Å²) in [7, 11) is -2.20. The number of aromatic carboxylic acids is 1. The van der Waals surface area contributed by atoms with E-state index in [2.05, 4.69) is 0 Å². The van der Waals surface area contributed by atoms with Gasteiger partial charge in [0.25, 0.3) is 0 Å². The molecular weight excluding hydrogens is 374 g/mol. The van der Waals surface area contributed by atoms with E-state index >= 15 is 0 Å². The van der Waals surface area contributed by atoms with Crippen LogP contribution in [-0.4, -0.2) is 55.5 Å². The third-order valence-electron chi connectivity index (χ3n) is 4.16. The highest BCUT2D eigenvalue weighted by Gasteiger charge is 2.27. The molecule has 0 amide bonds. The molecule has 1 aliphatic heterocycles. The number of benzene rings is 2. The van der Waals surface area contributed by atoms with Crippen molar-refractivity contribution in [2.24, 2.45) is 0 Å². The fourth-order valence-corrected chi connectivity index (χ4v) is 5.42. The fraction of sp³-hybridized carbons (Fsp3) is 0.278. The van der Waals surface area contributed by atoms with E-state index in [0.29, 0.717) is 30.0 Å². The van der Waals surface area contributed by atoms with Gasteiger partial charge < -0.3 is 9.84 Å². The number of thioether (sulfide) groups is 1. The van der Waals surface area contributed by atoms with E-state index < -0.39 is 16.0 Å². The zero-order chi connectivity index (χ0) is 18.7. The van der Waals surface area contributed by atoms with Crippen molar-refractivity contribution in [3.8, 4) is 16.9 Å². The van der Waals surface area contributed by atoms with Crippen LogP contribution in [0.2, 0.25) is 0 Å². The molecule has 0 bridgehead atoms. The summed E-state index contributed by atoms with van der Waals surface area (Å²) in [6.45, 7) is 0.859. The summed E-state index contributed by atoms with van der Waals surface area (Å²) in [6.07, 6.45) is 0. The lowest BCUT2D eigenvalue weighted by molar-refractivity contribution is 0.0696. The Bertz CT molecular complexity index is 921. The van der Waals surface area contributed by atoms with Gasteiger partial charge in [-0.2, -0.15) is 16.1 Å². The van der Waals surface area contributed by atoms with Crippen molar-refractivity contribution in [3.63, 3.8) is 0 Å². The molecule has 1 fully saturated rings. The normalized spacial score (nSPS) is 15.6. The van der Waals surface area contributed by atoms with Crippen molar-refractivity contribution in [1.82, 2.24) is 4.31 Å². The molecular formula is C18H19NO5S2. The van der Waals surface area contributed by atoms with E-state index in [1.165, 1.54) is 29.6 Å². The Hall–Kier alpha value is -2.03. The van der Waals surface area contributed by atoms with Gasteiger partial charge >= 0.3 is 5.97 Å². The molecule has 26 heavy (non-hydrogen) atoms. The van der Waals surface area contributed by atoms with E-state index in [1.54, 1.807) is 36.0 Å². The molecule has 1 saturated heterocycles. The number of rotatable bonds is 5. The van der Waals surface area contributed by atoms with Crippen LogP contribution in [-0.2, 0) is 10.0 Å². The molecule has 2 aromatic rings. The lowest BCUT2D eigenvalue weighted by Gasteiger charge is -2.26. The Morgan fingerprint density at radius 1 is 1.12 bits per heavy atom. The second-order valence-electron chi connectivity index (χ2n) is 5.80. The average molecular weight is 393 g/mol. The summed E-state index contributed by atoms with van der Waals surface area (Å²) in [4.78, 5) is 11.5. The molecule has 0 aromatic heterocycles. The molecule has 3 rings (SSSR count). The van der Waals surface area contributed by atoms with Crippen molar-refractivity contribution in [2.75, 3.05) is 31.7 Å². The number of sulfonamides is 1. The summed E-state index contributed by atoms with van der Waals surface area (Å²) in [5.41, 5.74) is 1.15. The first-order valence-electron chi connectivity index (χ1n) is 8.02. The number of nitrogens with zero attached hydrogens (tertiary/aromatic N) is 1. The van der Waals surface area contributed by atoms with Crippen LogP contribution in [0.15, 0.2) is 47.4 Å². The van der Waals surface area contributed by atoms with Crippen molar-refractivity contribution < 1.29 is 23.1 Å². The van der Waals surface area contributed by atoms with Crippen molar-refractivity contribution in [3.05, 3.63) is 48.0 Å². The minimum Gasteiger partial charge on any atom is -0.497 e. The molecule has 0 spiro atoms. The lowest BCUT2D eigenvalue weighted by Crippen LogP contribution is -2.37. The quantitative estimate of drug-likeness (QED) is 0.841. The zero-order valence-corrected chi connectivity index (χ0v) is 15.8. The largest absolute Gasteiger partial charge is 0.497 e. The van der Waals surface area contributed by atoms with Crippen molar-refractivity contribution in [1.29, 1.82) is 0 Å². The maximum absolute atomic E-state index is 13.0. The summed E-state index contributed by atoms with van der Waals surface area (Å²) < 4.78 is 32.6. The van der Waals surface area contributed by atoms with Crippen LogP contribution in [0.5, 0.6) is 5.75 Å². The topological polar surface area (TPSA) is 83.9 Å². The molecule has 0 saturated carbocycles. The van der Waals surface area contributed by atoms with Crippen LogP contribution in [0.4, 0.5) is 0 Å². The SMILES string of the molecule is COc1cccc(-c2cc(C(=O)O)cc(S(=O)(=O)N3CCSCC3)c2)c1. The molecule has 2 aromatic carbocycles. The first-order valence-corrected chi connectivity index (χ1v) is 10.6. The van der Waals surface area contributed by atoms with Gasteiger partial charge in [-0.25, -0.2) is 13.2 Å². The maximum Gasteiger partial charge on any atom is 0.335 e. The summed E-state index contributed by atoms with van der Waals surface area (Å²) >= 11 is 1.71. The maximum atomic E-state index is 13.0. The van der Waals surface area contributed by atoms with Gasteiger partial charge in [0, 0.05) is 24.6 Å². The summed E-state index contributed by atoms with van der Waals surface area (Å²) in [5.74, 6) is 0.919. The number of ether oxygens (including phenoxy) is 1. The molecule has 0 radical (unpaired) electrons. The van der Waals surface area contributed by atoms with Gasteiger partial charge in [-0.05, 0) is 41.5 Å². The van der Waals surface area contributed by atoms with E-state index in [1.807, 2.05) is 0 Å². The summed E-state index contributed by atoms with van der Waals surface area (Å²) in [5, 5.41) is 9.42. The van der Waals surface area contributed by atoms with E-state index in [4.69, 9.17) is 4.74 Å². The van der Waals surface area contributed by atoms with Crippen LogP contribution in [0, 0.1) is 0 Å². The molecule has 6 nitrogen and oxygen atoms in total. The Morgan fingerprint density at radius 2 is 1.85 bits per heavy atom. The van der Waals surface area contributed by atoms with Gasteiger partial charge in [0.15, 0.2) is 0 Å². The van der Waals surface area contributed by atoms with Crippen LogP contribution < -0.4 is 4.74 Å². The highest BCUT2D eigenvalue weighted by molar-refractivity contribution is 7.99. The van der Waals surface area contributed by atoms with Crippen LogP contribution in [0.25, 0.3) is 11.1 Å². The first-order chi connectivity index (χ1) is 12.4. The van der Waals surface area contributed by atoms with Gasteiger partial charge in [-0.3, -0.25) is 0 Å². The number of carboxylic acids is 1. The average Bonchev–Trinajstić information content (AvgIpc) is 2.68. The van der Waals surface area contributed by atoms with Crippen LogP contribution >= 0.6 is 11.8 Å². The van der Waals surface area contributed by atoms with E-state index in [-0.39, 0.29) is 10.5 Å². The molecule has 1 heterocycles. The fourth-order valence-electron chi connectivity index (χ4n) is 2.78. The number of hydrogen-bond acceptors (Lipinski definition) is 5. The highest BCUT2D eigenvalue weighted by Crippen LogP contribution is 2.29. The van der Waals surface area contributed by atoms with E-state index in [0.717, 1.165) is 11.5 Å². The Morgan fingerprint density at radius 3 is 2.50 bits per heavy atom. The Balaban J connectivity index is 2.11. The first kappa shape index (κ1) is 18.8. The summed E-state index contributed by atoms with van der Waals surface area (Å²) in [6, 6.07) is 11.3. The molecule has 1 aliphatic rings. The molecule has 1 N–H and O–H groups in total. The predicted octanol–water partition coefficient (Wildman–Crippen LogP) is 2.80. The third kappa shape index (κ3) is 3.87. The highest BCUT2D eigenvalue weighted by atomic mass is 32.2. The third-order valence-corrected chi connectivity index (χ3v) is 6.98. The van der Waals surface area contributed by atoms with Gasteiger partial charge in [0.05, 0.1) is 17.6 Å². The second-order valence-corrected chi connectivity index (χ2v) is 8.96. The monoisotopic (exact) mass is 393 g/mol. The minimum atomic E-state index is -3.74. The standard InChI is InChI=1S/C18H19NO5S2/c1-24-16-4-2-3-13(10-16)14-9-15(18(20)21)12-17(11-14)26(22,23)19-5-7-25-8-6-19/h2-4,9-12H,5-8H2,1H3,(H,20,21). The number of carboxylic acid groups (broad SMARTS) is 1. The zero-order valence-electron chi connectivity index (χ0n) is 14.2. The molecule has 8 heteroatoms. The molecule has 0 aliphatic carbocycles. The second kappa shape index (κ2) is 7.69. The number of carbonyl (C=O) groups is 1. The van der Waals surface area contributed by atoms with Gasteiger partial charge in [-0.1, -0.05) is 12.1 Å². The van der Waals surface area contributed by atoms with Crippen molar-refractivity contribution >= 4 is 27.8 Å². The Kier molecular flexibility index (Phi) is 5.55. The molecule has 0 atom stereocenters. The Labute approximate surface area is 156 Å². The molecule has 0 unspecified atom stereocenters. The van der Waals surface area contributed by atoms with Gasteiger partial charge in [0.1, 0.15) is 5.75 Å². The van der Waals surface area contributed by atoms with Crippen LogP contribution in [0.1, 0.15) is 10.4 Å². The minimum absolute atomic E-state index is 0.00196. The number of methoxy groups -OCH3 is 1. The lowest BCUT2D eigenvalue weighted by atomic mass is 10.0. The number of hydrogen-bond donors (Lipinski definition) is 1. The van der Waals surface area contributed by atoms with Gasteiger partial charge in [0.2, 0.25) is 10.0 Å². The smallest absolute Gasteiger partial charge is 0.335 e. The van der Waals surface area contributed by atoms with Crippen molar-refractivity contribution in [2.45, 2.75) is 4.90 Å². The van der Waals surface area contributed by atoms with Crippen LogP contribution in [0.3, 0.4) is 0 Å². The van der Waals surface area contributed by atoms with E-state index in [9.17, 15) is 18.3 Å². The molecule has 138 valence electrons. The predicted molar refractivity (Wildman–Crippen MR) is 101 cm³/mol.